The molecule has 0 aliphatic heterocycles. The molecule has 0 saturated heterocycles. The molecule has 10 nitrogen and oxygen atoms in total. The third-order valence-electron chi connectivity index (χ3n) is 2.02. The second-order valence-corrected chi connectivity index (χ2v) is 7.71. The molecule has 0 aromatic heterocycles. The van der Waals surface area contributed by atoms with E-state index in [9.17, 15) is 25.3 Å². The first-order valence-electron chi connectivity index (χ1n) is 4.49. The van der Waals surface area contributed by atoms with Gasteiger partial charge in [0.2, 0.25) is 0 Å². The summed E-state index contributed by atoms with van der Waals surface area (Å²) in [7, 11) is -17.4. The van der Waals surface area contributed by atoms with Crippen LogP contribution in [0.5, 0.6) is 0 Å². The molecule has 1 rings (SSSR count). The highest BCUT2D eigenvalue weighted by Crippen LogP contribution is 2.37. The Morgan fingerprint density at radius 3 is 1.50 bits per heavy atom. The summed E-state index contributed by atoms with van der Waals surface area (Å²) in [6.45, 7) is 0. The summed E-state index contributed by atoms with van der Waals surface area (Å²) in [5.41, 5.74) is -0.956. The van der Waals surface area contributed by atoms with Crippen LogP contribution in [0, 0.1) is 0 Å². The molecule has 0 saturated carbocycles. The third-order valence-corrected chi connectivity index (χ3v) is 5.95. The lowest BCUT2D eigenvalue weighted by Gasteiger charge is -2.25. The second-order valence-electron chi connectivity index (χ2n) is 3.38. The van der Waals surface area contributed by atoms with Gasteiger partial charge in [-0.05, 0) is 0 Å². The highest BCUT2D eigenvalue weighted by molar-refractivity contribution is 8.04. The molecule has 0 aliphatic carbocycles. The SMILES string of the molecule is O=S(=O)(O)OC(c1ccccc1)(S(=O)(=O)O)S(=O)(=O)O. The Morgan fingerprint density at radius 1 is 0.800 bits per heavy atom. The summed E-state index contributed by atoms with van der Waals surface area (Å²) < 4.78 is 92.6. The zero-order valence-corrected chi connectivity index (χ0v) is 11.8. The van der Waals surface area contributed by atoms with Crippen molar-refractivity contribution < 1.29 is 43.1 Å². The maximum atomic E-state index is 11.3. The van der Waals surface area contributed by atoms with Crippen molar-refractivity contribution in [2.75, 3.05) is 0 Å². The number of hydrogen-bond donors (Lipinski definition) is 3. The van der Waals surface area contributed by atoms with E-state index in [0.29, 0.717) is 0 Å². The summed E-state index contributed by atoms with van der Waals surface area (Å²) in [6.07, 6.45) is 0. The van der Waals surface area contributed by atoms with Crippen molar-refractivity contribution in [2.24, 2.45) is 0 Å². The van der Waals surface area contributed by atoms with Crippen LogP contribution in [0.3, 0.4) is 0 Å². The minimum Gasteiger partial charge on any atom is -0.282 e. The van der Waals surface area contributed by atoms with Gasteiger partial charge < -0.3 is 0 Å². The van der Waals surface area contributed by atoms with Crippen molar-refractivity contribution in [3.63, 3.8) is 0 Å². The van der Waals surface area contributed by atoms with Crippen molar-refractivity contribution in [2.45, 2.75) is 4.27 Å². The normalized spacial score (nSPS) is 14.2. The summed E-state index contributed by atoms with van der Waals surface area (Å²) in [6, 6.07) is 4.94. The molecular weight excluding hydrogens is 340 g/mol. The van der Waals surface area contributed by atoms with Crippen LogP contribution in [0.15, 0.2) is 30.3 Å². The Bertz CT molecular complexity index is 758. The summed E-state index contributed by atoms with van der Waals surface area (Å²) in [5.74, 6) is 0. The Labute approximate surface area is 114 Å². The number of hydrogen-bond acceptors (Lipinski definition) is 7. The summed E-state index contributed by atoms with van der Waals surface area (Å²) in [5, 5.41) is 0. The predicted molar refractivity (Wildman–Crippen MR) is 63.9 cm³/mol. The van der Waals surface area contributed by atoms with Gasteiger partial charge in [-0.15, -0.1) is 0 Å². The highest BCUT2D eigenvalue weighted by Gasteiger charge is 2.61. The Morgan fingerprint density at radius 2 is 1.20 bits per heavy atom. The van der Waals surface area contributed by atoms with Crippen LogP contribution in [-0.4, -0.2) is 38.9 Å². The van der Waals surface area contributed by atoms with Crippen LogP contribution in [0.1, 0.15) is 5.56 Å². The van der Waals surface area contributed by atoms with Gasteiger partial charge in [0.15, 0.2) is 0 Å². The Kier molecular flexibility index (Phi) is 4.27. The Hall–Kier alpha value is -1.09. The Balaban J connectivity index is 3.90. The predicted octanol–water partition coefficient (Wildman–Crippen LogP) is -0.608. The van der Waals surface area contributed by atoms with Crippen molar-refractivity contribution >= 4 is 30.6 Å². The van der Waals surface area contributed by atoms with Gasteiger partial charge in [0, 0.05) is 5.56 Å². The molecule has 0 amide bonds. The van der Waals surface area contributed by atoms with E-state index in [2.05, 4.69) is 4.18 Å². The van der Waals surface area contributed by atoms with Crippen LogP contribution in [0.2, 0.25) is 0 Å². The molecular formula is C7H8O10S3. The van der Waals surface area contributed by atoms with Gasteiger partial charge >= 0.3 is 34.9 Å². The van der Waals surface area contributed by atoms with Crippen LogP contribution < -0.4 is 0 Å². The van der Waals surface area contributed by atoms with Crippen LogP contribution >= 0.6 is 0 Å². The smallest absolute Gasteiger partial charge is 0.282 e. The van der Waals surface area contributed by atoms with E-state index < -0.39 is 40.5 Å². The highest BCUT2D eigenvalue weighted by atomic mass is 32.3. The van der Waals surface area contributed by atoms with Gasteiger partial charge in [-0.1, -0.05) is 30.3 Å². The molecule has 114 valence electrons. The molecule has 0 spiro atoms. The standard InChI is InChI=1S/C7H8O10S3/c8-18(9,10)7(19(11,12)13,17-20(14,15)16)6-4-2-1-3-5-6/h1-5H,(H,8,9,10)(H,11,12,13)(H,14,15,16). The molecule has 0 fully saturated rings. The minimum absolute atomic E-state index is 0.743. The van der Waals surface area contributed by atoms with Crippen molar-refractivity contribution in [1.29, 1.82) is 0 Å². The minimum atomic E-state index is -5.87. The summed E-state index contributed by atoms with van der Waals surface area (Å²) >= 11 is 0. The van der Waals surface area contributed by atoms with Crippen LogP contribution in [0.4, 0.5) is 0 Å². The van der Waals surface area contributed by atoms with Gasteiger partial charge in [-0.3, -0.25) is 13.7 Å². The number of benzene rings is 1. The molecule has 1 aromatic carbocycles. The lowest BCUT2D eigenvalue weighted by Crippen LogP contribution is -2.46. The first kappa shape index (κ1) is 17.0. The van der Waals surface area contributed by atoms with Crippen LogP contribution in [-0.2, 0) is 39.1 Å². The third kappa shape index (κ3) is 3.14. The van der Waals surface area contributed by atoms with Gasteiger partial charge in [-0.25, -0.2) is 0 Å². The topological polar surface area (TPSA) is 172 Å². The maximum absolute atomic E-state index is 11.3. The van der Waals surface area contributed by atoms with Crippen molar-refractivity contribution in [3.8, 4) is 0 Å². The zero-order chi connectivity index (χ0) is 15.8. The molecule has 0 bridgehead atoms. The molecule has 13 heteroatoms. The van der Waals surface area contributed by atoms with Gasteiger partial charge in [0.1, 0.15) is 0 Å². The van der Waals surface area contributed by atoms with Crippen molar-refractivity contribution in [3.05, 3.63) is 35.9 Å². The van der Waals surface area contributed by atoms with Crippen molar-refractivity contribution in [1.82, 2.24) is 0 Å². The van der Waals surface area contributed by atoms with E-state index in [1.54, 1.807) is 0 Å². The van der Waals surface area contributed by atoms with Gasteiger partial charge in [-0.2, -0.15) is 29.4 Å². The second kappa shape index (κ2) is 5.03. The fraction of sp³-hybridized carbons (Fsp3) is 0.143. The van der Waals surface area contributed by atoms with E-state index in [-0.39, 0.29) is 0 Å². The average molecular weight is 348 g/mol. The van der Waals surface area contributed by atoms with Gasteiger partial charge in [0.25, 0.3) is 0 Å². The zero-order valence-electron chi connectivity index (χ0n) is 9.31. The first-order valence-corrected chi connectivity index (χ1v) is 8.73. The molecule has 1 aromatic rings. The largest absolute Gasteiger partial charge is 0.400 e. The van der Waals surface area contributed by atoms with E-state index in [1.807, 2.05) is 0 Å². The van der Waals surface area contributed by atoms with E-state index in [1.165, 1.54) is 6.07 Å². The van der Waals surface area contributed by atoms with E-state index >= 15 is 0 Å². The van der Waals surface area contributed by atoms with Crippen LogP contribution in [0.25, 0.3) is 0 Å². The van der Waals surface area contributed by atoms with E-state index in [0.717, 1.165) is 24.3 Å². The molecule has 3 N–H and O–H groups in total. The quantitative estimate of drug-likeness (QED) is 0.583. The molecule has 0 atom stereocenters. The molecule has 0 radical (unpaired) electrons. The summed E-state index contributed by atoms with van der Waals surface area (Å²) in [4.78, 5) is 0. The first-order chi connectivity index (χ1) is 8.81. The maximum Gasteiger partial charge on any atom is 0.400 e. The fourth-order valence-electron chi connectivity index (χ4n) is 1.35. The average Bonchev–Trinajstić information content (AvgIpc) is 2.22. The van der Waals surface area contributed by atoms with Gasteiger partial charge in [0.05, 0.1) is 0 Å². The molecule has 0 aliphatic rings. The molecule has 0 unspecified atom stereocenters. The van der Waals surface area contributed by atoms with E-state index in [4.69, 9.17) is 13.7 Å². The number of rotatable bonds is 5. The lowest BCUT2D eigenvalue weighted by molar-refractivity contribution is 0.182. The fourth-order valence-corrected chi connectivity index (χ4v) is 4.86. The molecule has 0 heterocycles. The molecule has 20 heavy (non-hydrogen) atoms. The monoisotopic (exact) mass is 348 g/mol. The lowest BCUT2D eigenvalue weighted by atomic mass is 10.2.